The molecule has 2 unspecified atom stereocenters. The predicted molar refractivity (Wildman–Crippen MR) is 117 cm³/mol. The number of alkyl halides is 1. The van der Waals surface area contributed by atoms with Gasteiger partial charge in [0.1, 0.15) is 11.5 Å². The SMILES string of the molecule is COc1ccccc1CC(C)N(CCCl)C(C)Cc1ccccc1OC.Cl. The lowest BCUT2D eigenvalue weighted by Crippen LogP contribution is -2.43. The molecule has 0 saturated heterocycles. The van der Waals surface area contributed by atoms with Crippen LogP contribution in [0.5, 0.6) is 11.5 Å². The molecule has 0 radical (unpaired) electrons. The topological polar surface area (TPSA) is 21.7 Å². The fraction of sp³-hybridized carbons (Fsp3) is 0.455. The Balaban J connectivity index is 0.00000364. The summed E-state index contributed by atoms with van der Waals surface area (Å²) in [6.45, 7) is 5.38. The van der Waals surface area contributed by atoms with E-state index in [1.165, 1.54) is 11.1 Å². The zero-order valence-corrected chi connectivity index (χ0v) is 18.2. The minimum Gasteiger partial charge on any atom is -0.496 e. The Morgan fingerprint density at radius 2 is 1.22 bits per heavy atom. The van der Waals surface area contributed by atoms with Crippen LogP contribution in [0.3, 0.4) is 0 Å². The molecule has 0 aliphatic rings. The molecule has 2 aromatic rings. The standard InChI is InChI=1S/C22H30ClNO2.ClH/c1-17(15-19-9-5-7-11-21(19)25-3)24(14-13-23)18(2)16-20-10-6-8-12-22(20)26-4;/h5-12,17-18H,13-16H2,1-4H3;1H. The summed E-state index contributed by atoms with van der Waals surface area (Å²) in [6.07, 6.45) is 1.86. The third-order valence-electron chi connectivity index (χ3n) is 4.89. The molecule has 0 N–H and O–H groups in total. The number of rotatable bonds is 10. The third kappa shape index (κ3) is 6.60. The molecule has 2 rings (SSSR count). The second-order valence-corrected chi connectivity index (χ2v) is 7.03. The van der Waals surface area contributed by atoms with E-state index in [0.717, 1.165) is 30.9 Å². The van der Waals surface area contributed by atoms with Gasteiger partial charge in [0.2, 0.25) is 0 Å². The van der Waals surface area contributed by atoms with Gasteiger partial charge in [-0.2, -0.15) is 0 Å². The summed E-state index contributed by atoms with van der Waals surface area (Å²) in [5.74, 6) is 2.51. The van der Waals surface area contributed by atoms with Crippen molar-refractivity contribution in [2.45, 2.75) is 38.8 Å². The first kappa shape index (κ1) is 23.6. The van der Waals surface area contributed by atoms with Crippen LogP contribution in [0, 0.1) is 0 Å². The highest BCUT2D eigenvalue weighted by Crippen LogP contribution is 2.24. The monoisotopic (exact) mass is 411 g/mol. The molecule has 0 amide bonds. The summed E-state index contributed by atoms with van der Waals surface area (Å²) in [4.78, 5) is 2.48. The van der Waals surface area contributed by atoms with Gasteiger partial charge in [-0.05, 0) is 49.9 Å². The molecule has 150 valence electrons. The van der Waals surface area contributed by atoms with Gasteiger partial charge in [-0.1, -0.05) is 36.4 Å². The van der Waals surface area contributed by atoms with E-state index in [1.807, 2.05) is 24.3 Å². The van der Waals surface area contributed by atoms with Crippen LogP contribution in [-0.4, -0.2) is 43.6 Å². The molecule has 0 aliphatic heterocycles. The van der Waals surface area contributed by atoms with E-state index in [4.69, 9.17) is 21.1 Å². The average Bonchev–Trinajstić information content (AvgIpc) is 2.66. The maximum atomic E-state index is 6.12. The number of methoxy groups -OCH3 is 2. The molecule has 2 aromatic carbocycles. The van der Waals surface area contributed by atoms with E-state index in [1.54, 1.807) is 14.2 Å². The normalized spacial score (nSPS) is 13.0. The van der Waals surface area contributed by atoms with Crippen molar-refractivity contribution in [1.82, 2.24) is 4.90 Å². The van der Waals surface area contributed by atoms with Crippen molar-refractivity contribution in [3.8, 4) is 11.5 Å². The summed E-state index contributed by atoms with van der Waals surface area (Å²) in [5, 5.41) is 0. The fourth-order valence-corrected chi connectivity index (χ4v) is 3.78. The van der Waals surface area contributed by atoms with Gasteiger partial charge in [-0.25, -0.2) is 0 Å². The van der Waals surface area contributed by atoms with Crippen molar-refractivity contribution in [3.05, 3.63) is 59.7 Å². The first-order valence-corrected chi connectivity index (χ1v) is 9.69. The minimum atomic E-state index is 0. The number of nitrogens with zero attached hydrogens (tertiary/aromatic N) is 1. The lowest BCUT2D eigenvalue weighted by Gasteiger charge is -2.35. The molecule has 5 heteroatoms. The smallest absolute Gasteiger partial charge is 0.122 e. The molecule has 0 saturated carbocycles. The summed E-state index contributed by atoms with van der Waals surface area (Å²) < 4.78 is 11.0. The Morgan fingerprint density at radius 3 is 1.59 bits per heavy atom. The molecule has 0 heterocycles. The van der Waals surface area contributed by atoms with Crippen molar-refractivity contribution in [1.29, 1.82) is 0 Å². The van der Waals surface area contributed by atoms with Gasteiger partial charge >= 0.3 is 0 Å². The van der Waals surface area contributed by atoms with Crippen LogP contribution < -0.4 is 9.47 Å². The maximum absolute atomic E-state index is 6.12. The largest absolute Gasteiger partial charge is 0.496 e. The van der Waals surface area contributed by atoms with Crippen LogP contribution >= 0.6 is 24.0 Å². The molecule has 3 nitrogen and oxygen atoms in total. The zero-order chi connectivity index (χ0) is 18.9. The van der Waals surface area contributed by atoms with Crippen LogP contribution in [0.15, 0.2) is 48.5 Å². The Morgan fingerprint density at radius 1 is 0.815 bits per heavy atom. The molecular formula is C22H31Cl2NO2. The molecule has 27 heavy (non-hydrogen) atoms. The van der Waals surface area contributed by atoms with E-state index in [0.29, 0.717) is 18.0 Å². The first-order chi connectivity index (χ1) is 12.6. The summed E-state index contributed by atoms with van der Waals surface area (Å²) >= 11 is 6.12. The summed E-state index contributed by atoms with van der Waals surface area (Å²) in [7, 11) is 3.45. The van der Waals surface area contributed by atoms with Gasteiger partial charge in [0.15, 0.2) is 0 Å². The second-order valence-electron chi connectivity index (χ2n) is 6.66. The first-order valence-electron chi connectivity index (χ1n) is 9.16. The van der Waals surface area contributed by atoms with E-state index >= 15 is 0 Å². The van der Waals surface area contributed by atoms with Gasteiger partial charge in [-0.3, -0.25) is 4.90 Å². The van der Waals surface area contributed by atoms with Gasteiger partial charge in [0, 0.05) is 24.5 Å². The van der Waals surface area contributed by atoms with Crippen molar-refractivity contribution in [3.63, 3.8) is 0 Å². The van der Waals surface area contributed by atoms with Crippen LogP contribution in [0.25, 0.3) is 0 Å². The van der Waals surface area contributed by atoms with E-state index in [2.05, 4.69) is 43.0 Å². The van der Waals surface area contributed by atoms with E-state index in [9.17, 15) is 0 Å². The Bertz CT molecular complexity index is 625. The molecular weight excluding hydrogens is 381 g/mol. The number of hydrogen-bond acceptors (Lipinski definition) is 3. The van der Waals surface area contributed by atoms with Crippen molar-refractivity contribution >= 4 is 24.0 Å². The lowest BCUT2D eigenvalue weighted by atomic mass is 10.00. The number of para-hydroxylation sites is 2. The fourth-order valence-electron chi connectivity index (χ4n) is 3.59. The predicted octanol–water partition coefficient (Wildman–Crippen LogP) is 5.23. The zero-order valence-electron chi connectivity index (χ0n) is 16.7. The highest BCUT2D eigenvalue weighted by Gasteiger charge is 2.22. The highest BCUT2D eigenvalue weighted by molar-refractivity contribution is 6.18. The van der Waals surface area contributed by atoms with Crippen LogP contribution in [0.4, 0.5) is 0 Å². The van der Waals surface area contributed by atoms with Gasteiger partial charge < -0.3 is 9.47 Å². The Labute approximate surface area is 175 Å². The van der Waals surface area contributed by atoms with Gasteiger partial charge in [0.25, 0.3) is 0 Å². The minimum absolute atomic E-state index is 0. The number of ether oxygens (including phenoxy) is 2. The number of hydrogen-bond donors (Lipinski definition) is 0. The molecule has 0 bridgehead atoms. The number of halogens is 2. The van der Waals surface area contributed by atoms with Gasteiger partial charge in [-0.15, -0.1) is 24.0 Å². The van der Waals surface area contributed by atoms with Crippen molar-refractivity contribution in [2.75, 3.05) is 26.6 Å². The second kappa shape index (κ2) is 12.1. The molecule has 0 fully saturated rings. The van der Waals surface area contributed by atoms with E-state index < -0.39 is 0 Å². The summed E-state index contributed by atoms with van der Waals surface area (Å²) in [6, 6.07) is 17.2. The molecule has 2 atom stereocenters. The maximum Gasteiger partial charge on any atom is 0.122 e. The number of benzene rings is 2. The summed E-state index contributed by atoms with van der Waals surface area (Å²) in [5.41, 5.74) is 2.46. The Hall–Kier alpha value is -1.42. The van der Waals surface area contributed by atoms with Crippen molar-refractivity contribution < 1.29 is 9.47 Å². The van der Waals surface area contributed by atoms with Crippen LogP contribution in [0.1, 0.15) is 25.0 Å². The molecule has 0 aromatic heterocycles. The highest BCUT2D eigenvalue weighted by atomic mass is 35.5. The quantitative estimate of drug-likeness (QED) is 0.499. The molecule has 0 aliphatic carbocycles. The average molecular weight is 412 g/mol. The lowest BCUT2D eigenvalue weighted by molar-refractivity contribution is 0.160. The van der Waals surface area contributed by atoms with Crippen LogP contribution in [0.2, 0.25) is 0 Å². The van der Waals surface area contributed by atoms with Crippen LogP contribution in [-0.2, 0) is 12.8 Å². The third-order valence-corrected chi connectivity index (χ3v) is 5.06. The van der Waals surface area contributed by atoms with Gasteiger partial charge in [0.05, 0.1) is 14.2 Å². The van der Waals surface area contributed by atoms with E-state index in [-0.39, 0.29) is 12.4 Å². The molecule has 0 spiro atoms. The van der Waals surface area contributed by atoms with Crippen molar-refractivity contribution in [2.24, 2.45) is 0 Å². The Kier molecular flexibility index (Phi) is 10.6.